The molecule has 0 N–H and O–H groups in total. The van der Waals surface area contributed by atoms with E-state index < -0.39 is 6.10 Å². The van der Waals surface area contributed by atoms with Crippen LogP contribution in [0.4, 0.5) is 10.1 Å². The van der Waals surface area contributed by atoms with Crippen LogP contribution in [0.3, 0.4) is 0 Å². The topological polar surface area (TPSA) is 32.8 Å². The molecule has 2 aromatic carbocycles. The lowest BCUT2D eigenvalue weighted by Crippen LogP contribution is -2.50. The third-order valence-electron chi connectivity index (χ3n) is 4.35. The van der Waals surface area contributed by atoms with E-state index in [1.54, 1.807) is 24.1 Å². The van der Waals surface area contributed by atoms with Gasteiger partial charge in [0.2, 0.25) is 0 Å². The van der Waals surface area contributed by atoms with E-state index in [4.69, 9.17) is 4.74 Å². The summed E-state index contributed by atoms with van der Waals surface area (Å²) >= 11 is 0. The molecule has 0 bridgehead atoms. The third kappa shape index (κ3) is 3.41. The van der Waals surface area contributed by atoms with Crippen molar-refractivity contribution < 1.29 is 13.9 Å². The van der Waals surface area contributed by atoms with E-state index in [0.717, 1.165) is 5.56 Å². The second-order valence-corrected chi connectivity index (χ2v) is 5.79. The van der Waals surface area contributed by atoms with Gasteiger partial charge in [0.15, 0.2) is 6.10 Å². The Morgan fingerprint density at radius 2 is 1.62 bits per heavy atom. The Balaban J connectivity index is 1.66. The third-order valence-corrected chi connectivity index (χ3v) is 4.35. The van der Waals surface area contributed by atoms with E-state index >= 15 is 0 Å². The molecule has 1 heterocycles. The molecule has 2 aromatic rings. The van der Waals surface area contributed by atoms with Crippen LogP contribution in [0.15, 0.2) is 54.6 Å². The predicted molar refractivity (Wildman–Crippen MR) is 91.4 cm³/mol. The fraction of sp³-hybridized carbons (Fsp3) is 0.316. The van der Waals surface area contributed by atoms with Crippen molar-refractivity contribution in [3.63, 3.8) is 0 Å². The van der Waals surface area contributed by atoms with Crippen LogP contribution in [0.25, 0.3) is 0 Å². The molecule has 24 heavy (non-hydrogen) atoms. The molecule has 0 aromatic heterocycles. The SMILES string of the molecule is CO[C@H](C(=O)N1CCN(c2ccccc2F)CC1)c1ccccc1. The van der Waals surface area contributed by atoms with Crippen molar-refractivity contribution in [1.29, 1.82) is 0 Å². The molecule has 4 nitrogen and oxygen atoms in total. The van der Waals surface area contributed by atoms with E-state index in [2.05, 4.69) is 0 Å². The second kappa shape index (κ2) is 7.45. The Bertz CT molecular complexity index is 685. The lowest BCUT2D eigenvalue weighted by molar-refractivity contribution is -0.142. The van der Waals surface area contributed by atoms with Gasteiger partial charge in [-0.25, -0.2) is 4.39 Å². The van der Waals surface area contributed by atoms with Gasteiger partial charge in [-0.1, -0.05) is 42.5 Å². The number of halogens is 1. The molecule has 0 saturated carbocycles. The van der Waals surface area contributed by atoms with Gasteiger partial charge < -0.3 is 14.5 Å². The maximum atomic E-state index is 13.9. The normalized spacial score (nSPS) is 16.1. The van der Waals surface area contributed by atoms with Crippen molar-refractivity contribution in [2.75, 3.05) is 38.2 Å². The summed E-state index contributed by atoms with van der Waals surface area (Å²) in [5, 5.41) is 0. The number of hydrogen-bond acceptors (Lipinski definition) is 3. The molecule has 1 amide bonds. The zero-order chi connectivity index (χ0) is 16.9. The molecule has 0 spiro atoms. The fourth-order valence-corrected chi connectivity index (χ4v) is 3.05. The Morgan fingerprint density at radius 1 is 1.00 bits per heavy atom. The number of rotatable bonds is 4. The number of nitrogens with zero attached hydrogens (tertiary/aromatic N) is 2. The Hall–Kier alpha value is -2.40. The largest absolute Gasteiger partial charge is 0.367 e. The summed E-state index contributed by atoms with van der Waals surface area (Å²) in [5.41, 5.74) is 1.44. The van der Waals surface area contributed by atoms with Crippen molar-refractivity contribution in [3.8, 4) is 0 Å². The molecule has 1 aliphatic rings. The highest BCUT2D eigenvalue weighted by atomic mass is 19.1. The number of carbonyl (C=O) groups excluding carboxylic acids is 1. The van der Waals surface area contributed by atoms with Crippen LogP contribution in [0, 0.1) is 5.82 Å². The van der Waals surface area contributed by atoms with Crippen molar-refractivity contribution in [2.45, 2.75) is 6.10 Å². The minimum absolute atomic E-state index is 0.0446. The predicted octanol–water partition coefficient (Wildman–Crippen LogP) is 2.86. The molecule has 1 aliphatic heterocycles. The van der Waals surface area contributed by atoms with Crippen LogP contribution >= 0.6 is 0 Å². The molecular weight excluding hydrogens is 307 g/mol. The van der Waals surface area contributed by atoms with E-state index in [0.29, 0.717) is 31.9 Å². The standard InChI is InChI=1S/C19H21FN2O2/c1-24-18(15-7-3-2-4-8-15)19(23)22-13-11-21(12-14-22)17-10-6-5-9-16(17)20/h2-10,18H,11-14H2,1H3/t18-/m0/s1. The van der Waals surface area contributed by atoms with Gasteiger partial charge in [0.25, 0.3) is 5.91 Å². The number of amides is 1. The number of anilines is 1. The highest BCUT2D eigenvalue weighted by Gasteiger charge is 2.29. The first-order valence-electron chi connectivity index (χ1n) is 8.06. The summed E-state index contributed by atoms with van der Waals surface area (Å²) in [6.45, 7) is 2.33. The van der Waals surface area contributed by atoms with Crippen LogP contribution < -0.4 is 4.90 Å². The minimum atomic E-state index is -0.591. The molecular formula is C19H21FN2O2. The number of hydrogen-bond donors (Lipinski definition) is 0. The lowest BCUT2D eigenvalue weighted by atomic mass is 10.1. The van der Waals surface area contributed by atoms with Crippen molar-refractivity contribution in [2.24, 2.45) is 0 Å². The smallest absolute Gasteiger partial charge is 0.256 e. The second-order valence-electron chi connectivity index (χ2n) is 5.79. The van der Waals surface area contributed by atoms with Crippen molar-refractivity contribution >= 4 is 11.6 Å². The quantitative estimate of drug-likeness (QED) is 0.865. The van der Waals surface area contributed by atoms with Crippen LogP contribution in [0.2, 0.25) is 0 Å². The summed E-state index contributed by atoms with van der Waals surface area (Å²) in [5.74, 6) is -0.270. The first kappa shape index (κ1) is 16.5. The molecule has 0 unspecified atom stereocenters. The van der Waals surface area contributed by atoms with E-state index in [1.807, 2.05) is 41.3 Å². The van der Waals surface area contributed by atoms with Crippen molar-refractivity contribution in [1.82, 2.24) is 4.90 Å². The summed E-state index contributed by atoms with van der Waals surface area (Å²) in [6, 6.07) is 16.2. The maximum Gasteiger partial charge on any atom is 0.256 e. The molecule has 1 saturated heterocycles. The van der Waals surface area contributed by atoms with Gasteiger partial charge in [0.1, 0.15) is 5.82 Å². The van der Waals surface area contributed by atoms with Gasteiger partial charge >= 0.3 is 0 Å². The number of piperazine rings is 1. The van der Waals surface area contributed by atoms with Gasteiger partial charge in [-0.15, -0.1) is 0 Å². The Kier molecular flexibility index (Phi) is 5.11. The molecule has 5 heteroatoms. The van der Waals surface area contributed by atoms with Gasteiger partial charge in [-0.05, 0) is 17.7 Å². The molecule has 1 atom stereocenters. The van der Waals surface area contributed by atoms with E-state index in [9.17, 15) is 9.18 Å². The average molecular weight is 328 g/mol. The summed E-state index contributed by atoms with van der Waals surface area (Å²) < 4.78 is 19.3. The first-order valence-corrected chi connectivity index (χ1v) is 8.06. The molecule has 0 radical (unpaired) electrons. The molecule has 1 fully saturated rings. The maximum absolute atomic E-state index is 13.9. The van der Waals surface area contributed by atoms with Crippen LogP contribution in [0.1, 0.15) is 11.7 Å². The first-order chi connectivity index (χ1) is 11.7. The zero-order valence-corrected chi connectivity index (χ0v) is 13.7. The number of carbonyl (C=O) groups is 1. The van der Waals surface area contributed by atoms with Crippen molar-refractivity contribution in [3.05, 3.63) is 66.0 Å². The Morgan fingerprint density at radius 3 is 2.25 bits per heavy atom. The van der Waals surface area contributed by atoms with Crippen LogP contribution in [-0.2, 0) is 9.53 Å². The highest BCUT2D eigenvalue weighted by molar-refractivity contribution is 5.82. The minimum Gasteiger partial charge on any atom is -0.367 e. The van der Waals surface area contributed by atoms with E-state index in [-0.39, 0.29) is 11.7 Å². The number of benzene rings is 2. The fourth-order valence-electron chi connectivity index (χ4n) is 3.05. The lowest BCUT2D eigenvalue weighted by Gasteiger charge is -2.37. The van der Waals surface area contributed by atoms with Crippen LogP contribution in [-0.4, -0.2) is 44.1 Å². The summed E-state index contributed by atoms with van der Waals surface area (Å²) in [6.07, 6.45) is -0.591. The highest BCUT2D eigenvalue weighted by Crippen LogP contribution is 2.23. The molecule has 3 rings (SSSR count). The number of ether oxygens (including phenoxy) is 1. The van der Waals surface area contributed by atoms with Gasteiger partial charge in [0.05, 0.1) is 5.69 Å². The van der Waals surface area contributed by atoms with Gasteiger partial charge in [0, 0.05) is 33.3 Å². The monoisotopic (exact) mass is 328 g/mol. The molecule has 0 aliphatic carbocycles. The zero-order valence-electron chi connectivity index (χ0n) is 13.7. The molecule has 126 valence electrons. The number of para-hydroxylation sites is 1. The number of methoxy groups -OCH3 is 1. The van der Waals surface area contributed by atoms with Gasteiger partial charge in [-0.2, -0.15) is 0 Å². The average Bonchev–Trinajstić information content (AvgIpc) is 2.64. The van der Waals surface area contributed by atoms with Gasteiger partial charge in [-0.3, -0.25) is 4.79 Å². The summed E-state index contributed by atoms with van der Waals surface area (Å²) in [4.78, 5) is 16.5. The Labute approximate surface area is 141 Å². The van der Waals surface area contributed by atoms with E-state index in [1.165, 1.54) is 6.07 Å². The van der Waals surface area contributed by atoms with Crippen LogP contribution in [0.5, 0.6) is 0 Å². The summed E-state index contributed by atoms with van der Waals surface area (Å²) in [7, 11) is 1.55.